The molecule has 2 N–H and O–H groups in total. The smallest absolute Gasteiger partial charge is 0.130 e. The van der Waals surface area contributed by atoms with Crippen molar-refractivity contribution in [3.05, 3.63) is 72.3 Å². The first-order valence-electron chi connectivity index (χ1n) is 7.91. The summed E-state index contributed by atoms with van der Waals surface area (Å²) < 4.78 is 0. The first-order chi connectivity index (χ1) is 11.2. The largest absolute Gasteiger partial charge is 0.507 e. The Balaban J connectivity index is 2.27. The lowest BCUT2D eigenvalue weighted by molar-refractivity contribution is 0.440. The van der Waals surface area contributed by atoms with Gasteiger partial charge in [0.25, 0.3) is 0 Å². The van der Waals surface area contributed by atoms with Crippen molar-refractivity contribution in [1.82, 2.24) is 0 Å². The Bertz CT molecular complexity index is 729. The number of rotatable bonds is 4. The second kappa shape index (κ2) is 6.57. The number of benzene rings is 3. The predicted octanol–water partition coefficient (Wildman–Crippen LogP) is 5.38. The second-order valence-electron chi connectivity index (χ2n) is 5.63. The molecule has 0 fully saturated rings. The van der Waals surface area contributed by atoms with Crippen LogP contribution in [0.5, 0.6) is 11.5 Å². The third kappa shape index (κ3) is 2.93. The van der Waals surface area contributed by atoms with E-state index in [4.69, 9.17) is 0 Å². The number of hydrogen-bond acceptors (Lipinski definition) is 2. The molecular formula is C21H20O2. The van der Waals surface area contributed by atoms with Crippen LogP contribution in [-0.4, -0.2) is 10.2 Å². The standard InChI is InChI=1S/C21H20O2/c1-2-9-17-20(22)18(15-10-5-3-6-11-15)14-19(21(17)23)16-12-7-4-8-13-16/h3-8,10-14,22-23H,2,9H2,1H3. The molecule has 0 radical (unpaired) electrons. The Morgan fingerprint density at radius 3 is 1.52 bits per heavy atom. The Morgan fingerprint density at radius 1 is 0.696 bits per heavy atom. The first kappa shape index (κ1) is 15.2. The molecule has 23 heavy (non-hydrogen) atoms. The lowest BCUT2D eigenvalue weighted by atomic mass is 9.92. The van der Waals surface area contributed by atoms with Gasteiger partial charge in [-0.05, 0) is 23.6 Å². The Kier molecular flexibility index (Phi) is 4.33. The van der Waals surface area contributed by atoms with Gasteiger partial charge in [-0.15, -0.1) is 0 Å². The van der Waals surface area contributed by atoms with Crippen molar-refractivity contribution in [2.45, 2.75) is 19.8 Å². The fraction of sp³-hybridized carbons (Fsp3) is 0.143. The third-order valence-electron chi connectivity index (χ3n) is 4.04. The highest BCUT2D eigenvalue weighted by atomic mass is 16.3. The minimum atomic E-state index is 0.176. The van der Waals surface area contributed by atoms with Crippen LogP contribution in [0, 0.1) is 0 Å². The number of aromatic hydroxyl groups is 2. The van der Waals surface area contributed by atoms with E-state index >= 15 is 0 Å². The summed E-state index contributed by atoms with van der Waals surface area (Å²) in [6.07, 6.45) is 1.49. The van der Waals surface area contributed by atoms with Gasteiger partial charge in [-0.1, -0.05) is 74.0 Å². The van der Waals surface area contributed by atoms with Gasteiger partial charge in [0.15, 0.2) is 0 Å². The van der Waals surface area contributed by atoms with E-state index in [0.717, 1.165) is 28.7 Å². The molecule has 0 spiro atoms. The molecule has 3 rings (SSSR count). The van der Waals surface area contributed by atoms with E-state index in [-0.39, 0.29) is 11.5 Å². The van der Waals surface area contributed by atoms with Crippen LogP contribution in [0.25, 0.3) is 22.3 Å². The van der Waals surface area contributed by atoms with Crippen molar-refractivity contribution < 1.29 is 10.2 Å². The van der Waals surface area contributed by atoms with Crippen LogP contribution in [0.1, 0.15) is 18.9 Å². The normalized spacial score (nSPS) is 10.7. The summed E-state index contributed by atoms with van der Waals surface area (Å²) in [5.74, 6) is 0.352. The number of phenols is 2. The van der Waals surface area contributed by atoms with E-state index in [1.54, 1.807) is 0 Å². The van der Waals surface area contributed by atoms with Gasteiger partial charge in [0.2, 0.25) is 0 Å². The molecule has 2 heteroatoms. The van der Waals surface area contributed by atoms with Crippen LogP contribution in [-0.2, 0) is 6.42 Å². The molecule has 0 atom stereocenters. The summed E-state index contributed by atoms with van der Waals surface area (Å²) in [6.45, 7) is 2.04. The van der Waals surface area contributed by atoms with Crippen LogP contribution in [0.15, 0.2) is 66.7 Å². The van der Waals surface area contributed by atoms with E-state index in [9.17, 15) is 10.2 Å². The predicted molar refractivity (Wildman–Crippen MR) is 94.6 cm³/mol. The molecule has 0 aliphatic rings. The molecule has 116 valence electrons. The highest BCUT2D eigenvalue weighted by Gasteiger charge is 2.18. The van der Waals surface area contributed by atoms with Gasteiger partial charge in [-0.25, -0.2) is 0 Å². The van der Waals surface area contributed by atoms with Crippen LogP contribution in [0.3, 0.4) is 0 Å². The zero-order chi connectivity index (χ0) is 16.2. The zero-order valence-corrected chi connectivity index (χ0v) is 13.2. The molecule has 0 bridgehead atoms. The Hall–Kier alpha value is -2.74. The van der Waals surface area contributed by atoms with Crippen LogP contribution in [0.2, 0.25) is 0 Å². The molecule has 0 aliphatic carbocycles. The third-order valence-corrected chi connectivity index (χ3v) is 4.04. The van der Waals surface area contributed by atoms with Gasteiger partial charge in [0, 0.05) is 16.7 Å². The molecule has 0 aromatic heterocycles. The van der Waals surface area contributed by atoms with Gasteiger partial charge in [0.05, 0.1) is 0 Å². The van der Waals surface area contributed by atoms with Crippen molar-refractivity contribution in [1.29, 1.82) is 0 Å². The molecule has 0 saturated carbocycles. The lowest BCUT2D eigenvalue weighted by Crippen LogP contribution is -1.93. The first-order valence-corrected chi connectivity index (χ1v) is 7.91. The molecule has 0 unspecified atom stereocenters. The van der Waals surface area contributed by atoms with Crippen molar-refractivity contribution in [2.24, 2.45) is 0 Å². The highest BCUT2D eigenvalue weighted by molar-refractivity contribution is 5.83. The van der Waals surface area contributed by atoms with Gasteiger partial charge >= 0.3 is 0 Å². The number of phenolic OH excluding ortho intramolecular Hbond substituents is 2. The topological polar surface area (TPSA) is 40.5 Å². The van der Waals surface area contributed by atoms with E-state index in [0.29, 0.717) is 12.0 Å². The quantitative estimate of drug-likeness (QED) is 0.679. The van der Waals surface area contributed by atoms with Gasteiger partial charge < -0.3 is 10.2 Å². The fourth-order valence-electron chi connectivity index (χ4n) is 2.88. The molecule has 0 heterocycles. The number of hydrogen-bond donors (Lipinski definition) is 2. The maximum absolute atomic E-state index is 10.7. The van der Waals surface area contributed by atoms with Gasteiger partial charge in [-0.2, -0.15) is 0 Å². The van der Waals surface area contributed by atoms with E-state index in [2.05, 4.69) is 0 Å². The summed E-state index contributed by atoms with van der Waals surface area (Å²) in [4.78, 5) is 0. The van der Waals surface area contributed by atoms with Crippen LogP contribution in [0.4, 0.5) is 0 Å². The van der Waals surface area contributed by atoms with E-state index in [1.807, 2.05) is 73.7 Å². The van der Waals surface area contributed by atoms with Crippen molar-refractivity contribution in [3.8, 4) is 33.8 Å². The summed E-state index contributed by atoms with van der Waals surface area (Å²) in [6, 6.07) is 21.4. The minimum absolute atomic E-state index is 0.176. The highest BCUT2D eigenvalue weighted by Crippen LogP contribution is 2.44. The van der Waals surface area contributed by atoms with Crippen LogP contribution >= 0.6 is 0 Å². The average Bonchev–Trinajstić information content (AvgIpc) is 2.60. The minimum Gasteiger partial charge on any atom is -0.507 e. The monoisotopic (exact) mass is 304 g/mol. The summed E-state index contributed by atoms with van der Waals surface area (Å²) in [5, 5.41) is 21.3. The molecule has 3 aromatic rings. The average molecular weight is 304 g/mol. The molecule has 2 nitrogen and oxygen atoms in total. The van der Waals surface area contributed by atoms with E-state index < -0.39 is 0 Å². The van der Waals surface area contributed by atoms with Crippen molar-refractivity contribution in [3.63, 3.8) is 0 Å². The summed E-state index contributed by atoms with van der Waals surface area (Å²) >= 11 is 0. The molecule has 3 aromatic carbocycles. The van der Waals surface area contributed by atoms with Crippen molar-refractivity contribution >= 4 is 0 Å². The summed E-state index contributed by atoms with van der Waals surface area (Å²) in [7, 11) is 0. The SMILES string of the molecule is CCCc1c(O)c(-c2ccccc2)cc(-c2ccccc2)c1O. The Morgan fingerprint density at radius 2 is 1.13 bits per heavy atom. The zero-order valence-electron chi connectivity index (χ0n) is 13.2. The molecule has 0 saturated heterocycles. The van der Waals surface area contributed by atoms with Gasteiger partial charge in [-0.3, -0.25) is 0 Å². The lowest BCUT2D eigenvalue weighted by Gasteiger charge is -2.16. The Labute approximate surface area is 136 Å². The molecular weight excluding hydrogens is 284 g/mol. The molecule has 0 aliphatic heterocycles. The fourth-order valence-corrected chi connectivity index (χ4v) is 2.88. The maximum Gasteiger partial charge on any atom is 0.130 e. The van der Waals surface area contributed by atoms with Crippen LogP contribution < -0.4 is 0 Å². The maximum atomic E-state index is 10.7. The van der Waals surface area contributed by atoms with E-state index in [1.165, 1.54) is 0 Å². The summed E-state index contributed by atoms with van der Waals surface area (Å²) in [5.41, 5.74) is 4.02. The van der Waals surface area contributed by atoms with Crippen molar-refractivity contribution in [2.75, 3.05) is 0 Å². The van der Waals surface area contributed by atoms with Gasteiger partial charge in [0.1, 0.15) is 11.5 Å². The molecule has 0 amide bonds. The second-order valence-corrected chi connectivity index (χ2v) is 5.63.